The van der Waals surface area contributed by atoms with Crippen LogP contribution in [-0.2, 0) is 21.9 Å². The molecule has 3 N–H and O–H groups in total. The molecule has 1 atom stereocenters. The molecule has 7 heteroatoms. The van der Waals surface area contributed by atoms with Crippen molar-refractivity contribution in [1.29, 1.82) is 0 Å². The van der Waals surface area contributed by atoms with E-state index in [-0.39, 0.29) is 10.3 Å². The topological polar surface area (TPSA) is 81.4 Å². The van der Waals surface area contributed by atoms with Crippen molar-refractivity contribution in [3.63, 3.8) is 0 Å². The number of primary sulfonamides is 1. The van der Waals surface area contributed by atoms with E-state index in [0.717, 1.165) is 24.3 Å². The summed E-state index contributed by atoms with van der Waals surface area (Å²) in [5.74, 6) is 0.644. The first-order chi connectivity index (χ1) is 11.9. The van der Waals surface area contributed by atoms with Crippen LogP contribution in [0.25, 0.3) is 0 Å². The van der Waals surface area contributed by atoms with Crippen LogP contribution in [-0.4, -0.2) is 21.6 Å². The normalized spacial score (nSPS) is 22.3. The zero-order valence-electron chi connectivity index (χ0n) is 13.6. The minimum atomic E-state index is -3.75. The highest BCUT2D eigenvalue weighted by Gasteiger charge is 2.39. The maximum Gasteiger partial charge on any atom is 0.238 e. The van der Waals surface area contributed by atoms with Crippen LogP contribution in [0.4, 0.5) is 5.69 Å². The van der Waals surface area contributed by atoms with E-state index in [9.17, 15) is 8.42 Å². The lowest BCUT2D eigenvalue weighted by Crippen LogP contribution is -2.41. The minimum Gasteiger partial charge on any atom is -0.490 e. The van der Waals surface area contributed by atoms with E-state index >= 15 is 0 Å². The van der Waals surface area contributed by atoms with Crippen molar-refractivity contribution < 1.29 is 13.2 Å². The fourth-order valence-electron chi connectivity index (χ4n) is 3.85. The number of nitrogens with two attached hydrogens (primary N) is 1. The first-order valence-corrected chi connectivity index (χ1v) is 10.1. The van der Waals surface area contributed by atoms with Crippen molar-refractivity contribution in [1.82, 2.24) is 0 Å². The number of ether oxygens (including phenoxy) is 1. The SMILES string of the molecule is NS(=O)(=O)c1ccc2c(c1)NCC1(CCCc3cc(Cl)ccc31)CO2. The monoisotopic (exact) mass is 378 g/mol. The number of halogens is 1. The Kier molecular flexibility index (Phi) is 3.94. The third-order valence-corrected chi connectivity index (χ3v) is 6.29. The quantitative estimate of drug-likeness (QED) is 0.799. The number of sulfonamides is 1. The van der Waals surface area contributed by atoms with E-state index in [0.29, 0.717) is 24.6 Å². The first kappa shape index (κ1) is 16.7. The molecule has 0 radical (unpaired) electrons. The third-order valence-electron chi connectivity index (χ3n) is 5.14. The summed E-state index contributed by atoms with van der Waals surface area (Å²) in [5, 5.41) is 9.36. The fourth-order valence-corrected chi connectivity index (χ4v) is 4.59. The molecule has 1 heterocycles. The van der Waals surface area contributed by atoms with E-state index in [1.165, 1.54) is 23.3 Å². The van der Waals surface area contributed by atoms with Crippen LogP contribution in [0.2, 0.25) is 5.02 Å². The molecule has 0 saturated heterocycles. The third kappa shape index (κ3) is 2.99. The highest BCUT2D eigenvalue weighted by molar-refractivity contribution is 7.89. The summed E-state index contributed by atoms with van der Waals surface area (Å²) in [6.45, 7) is 1.21. The van der Waals surface area contributed by atoms with Crippen molar-refractivity contribution >= 4 is 27.3 Å². The molecule has 0 saturated carbocycles. The molecule has 1 unspecified atom stereocenters. The van der Waals surface area contributed by atoms with Crippen LogP contribution < -0.4 is 15.2 Å². The van der Waals surface area contributed by atoms with Gasteiger partial charge in [-0.2, -0.15) is 0 Å². The van der Waals surface area contributed by atoms with Gasteiger partial charge >= 0.3 is 0 Å². The lowest BCUT2D eigenvalue weighted by Gasteiger charge is -2.37. The number of hydrogen-bond donors (Lipinski definition) is 2. The Bertz CT molecular complexity index is 945. The molecule has 0 aromatic heterocycles. The number of hydrogen-bond acceptors (Lipinski definition) is 4. The summed E-state index contributed by atoms with van der Waals surface area (Å²) in [4.78, 5) is 0.0779. The van der Waals surface area contributed by atoms with Crippen LogP contribution in [0.15, 0.2) is 41.3 Å². The molecular formula is C18H19ClN2O3S. The molecule has 25 heavy (non-hydrogen) atoms. The molecule has 1 aliphatic carbocycles. The molecule has 1 aliphatic heterocycles. The highest BCUT2D eigenvalue weighted by Crippen LogP contribution is 2.42. The first-order valence-electron chi connectivity index (χ1n) is 8.20. The lowest BCUT2D eigenvalue weighted by atomic mass is 9.70. The second-order valence-corrected chi connectivity index (χ2v) is 8.78. The second-order valence-electron chi connectivity index (χ2n) is 6.78. The smallest absolute Gasteiger partial charge is 0.238 e. The standard InChI is InChI=1S/C18H19ClN2O3S/c19-13-3-5-15-12(8-13)2-1-7-18(15)10-21-16-9-14(25(20,22)23)4-6-17(16)24-11-18/h3-6,8-9,21H,1-2,7,10-11H2,(H2,20,22,23). The van der Waals surface area contributed by atoms with Gasteiger partial charge in [-0.15, -0.1) is 0 Å². The summed E-state index contributed by atoms with van der Waals surface area (Å²) in [5.41, 5.74) is 3.03. The molecule has 132 valence electrons. The number of nitrogens with one attached hydrogen (secondary N) is 1. The van der Waals surface area contributed by atoms with Gasteiger partial charge in [0.15, 0.2) is 0 Å². The van der Waals surface area contributed by atoms with E-state index in [1.54, 1.807) is 6.07 Å². The largest absolute Gasteiger partial charge is 0.490 e. The van der Waals surface area contributed by atoms with Gasteiger partial charge in [-0.05, 0) is 60.7 Å². The Labute approximate surface area is 152 Å². The van der Waals surface area contributed by atoms with Crippen molar-refractivity contribution in [2.24, 2.45) is 5.14 Å². The van der Waals surface area contributed by atoms with Crippen LogP contribution in [0, 0.1) is 0 Å². The maximum atomic E-state index is 11.6. The zero-order valence-corrected chi connectivity index (χ0v) is 15.2. The minimum absolute atomic E-state index is 0.0779. The van der Waals surface area contributed by atoms with Gasteiger partial charge in [0.25, 0.3) is 0 Å². The molecule has 5 nitrogen and oxygen atoms in total. The van der Waals surface area contributed by atoms with Gasteiger partial charge < -0.3 is 10.1 Å². The van der Waals surface area contributed by atoms with Gasteiger partial charge in [0.2, 0.25) is 10.0 Å². The molecular weight excluding hydrogens is 360 g/mol. The summed E-state index contributed by atoms with van der Waals surface area (Å²) in [7, 11) is -3.75. The van der Waals surface area contributed by atoms with Crippen molar-refractivity contribution in [2.75, 3.05) is 18.5 Å². The van der Waals surface area contributed by atoms with Crippen LogP contribution in [0.3, 0.4) is 0 Å². The molecule has 0 amide bonds. The van der Waals surface area contributed by atoms with E-state index in [1.807, 2.05) is 12.1 Å². The molecule has 1 spiro atoms. The Balaban J connectivity index is 1.71. The summed E-state index contributed by atoms with van der Waals surface area (Å²) in [6.07, 6.45) is 3.09. The summed E-state index contributed by atoms with van der Waals surface area (Å²) >= 11 is 6.15. The van der Waals surface area contributed by atoms with Crippen molar-refractivity contribution in [2.45, 2.75) is 29.6 Å². The molecule has 2 aliphatic rings. The molecule has 2 aromatic rings. The number of anilines is 1. The Morgan fingerprint density at radius 1 is 1.20 bits per heavy atom. The van der Waals surface area contributed by atoms with E-state index in [4.69, 9.17) is 21.5 Å². The maximum absolute atomic E-state index is 11.6. The fraction of sp³-hybridized carbons (Fsp3) is 0.333. The number of rotatable bonds is 1. The summed E-state index contributed by atoms with van der Waals surface area (Å²) in [6, 6.07) is 10.7. The lowest BCUT2D eigenvalue weighted by molar-refractivity contribution is 0.210. The summed E-state index contributed by atoms with van der Waals surface area (Å²) < 4.78 is 29.2. The Morgan fingerprint density at radius 2 is 2.04 bits per heavy atom. The number of aryl methyl sites for hydroxylation is 1. The predicted octanol–water partition coefficient (Wildman–Crippen LogP) is 3.07. The highest BCUT2D eigenvalue weighted by atomic mass is 35.5. The van der Waals surface area contributed by atoms with Crippen molar-refractivity contribution in [3.05, 3.63) is 52.5 Å². The van der Waals surface area contributed by atoms with Gasteiger partial charge in [0, 0.05) is 17.0 Å². The van der Waals surface area contributed by atoms with Crippen LogP contribution >= 0.6 is 11.6 Å². The number of benzene rings is 2. The number of fused-ring (bicyclic) bond motifs is 3. The van der Waals surface area contributed by atoms with Gasteiger partial charge in [-0.25, -0.2) is 13.6 Å². The second kappa shape index (κ2) is 5.90. The van der Waals surface area contributed by atoms with Crippen LogP contribution in [0.1, 0.15) is 24.0 Å². The average molecular weight is 379 g/mol. The van der Waals surface area contributed by atoms with E-state index in [2.05, 4.69) is 11.4 Å². The average Bonchev–Trinajstić information content (AvgIpc) is 2.74. The van der Waals surface area contributed by atoms with Gasteiger partial charge in [-0.3, -0.25) is 0 Å². The molecule has 2 aromatic carbocycles. The molecule has 0 fully saturated rings. The van der Waals surface area contributed by atoms with Crippen LogP contribution in [0.5, 0.6) is 5.75 Å². The molecule has 0 bridgehead atoms. The van der Waals surface area contributed by atoms with Gasteiger partial charge in [0.1, 0.15) is 5.75 Å². The molecule has 4 rings (SSSR count). The van der Waals surface area contributed by atoms with Gasteiger partial charge in [0.05, 0.1) is 17.2 Å². The van der Waals surface area contributed by atoms with Gasteiger partial charge in [-0.1, -0.05) is 17.7 Å². The Hall–Kier alpha value is -1.76. The van der Waals surface area contributed by atoms with Crippen molar-refractivity contribution in [3.8, 4) is 5.75 Å². The predicted molar refractivity (Wildman–Crippen MR) is 97.9 cm³/mol. The van der Waals surface area contributed by atoms with E-state index < -0.39 is 10.0 Å². The Morgan fingerprint density at radius 3 is 2.84 bits per heavy atom. The zero-order chi connectivity index (χ0) is 17.7.